The molecule has 316 valence electrons. The fourth-order valence-corrected chi connectivity index (χ4v) is 11.1. The van der Waals surface area contributed by atoms with E-state index in [4.69, 9.17) is 0 Å². The second-order valence-corrected chi connectivity index (χ2v) is 18.9. The van der Waals surface area contributed by atoms with Crippen LogP contribution in [0.2, 0.25) is 0 Å². The summed E-state index contributed by atoms with van der Waals surface area (Å²) in [5.41, 5.74) is 19.7. The number of hydrogen-bond donors (Lipinski definition) is 0. The molecule has 0 N–H and O–H groups in total. The van der Waals surface area contributed by atoms with E-state index in [-0.39, 0.29) is 10.8 Å². The van der Waals surface area contributed by atoms with Gasteiger partial charge in [-0.25, -0.2) is 0 Å². The van der Waals surface area contributed by atoms with Crippen LogP contribution in [0.15, 0.2) is 218 Å². The van der Waals surface area contributed by atoms with Crippen molar-refractivity contribution in [1.82, 2.24) is 0 Å². The molecule has 2 aliphatic rings. The maximum atomic E-state index is 2.47. The molecule has 0 fully saturated rings. The average molecular weight is 847 g/mol. The average Bonchev–Trinajstić information content (AvgIpc) is 3.73. The standard InChI is InChI=1S/C64H50N2/c1-63(2)57-41-49(65(45-21-9-5-10-22-45)46-23-11-6-12-24-46)35-37-55(57)61-53-31-19-17-29-51(53)43(39-59(61)63)33-34-44-40-60-62(54-32-20-18-30-52(44)54)56-38-36-50(42-58(56)64(60,3)4)66(47-25-13-7-14-26-47)48-27-15-8-16-28-48/h5-42H,1-4H3/b34-33+. The lowest BCUT2D eigenvalue weighted by Gasteiger charge is -2.28. The van der Waals surface area contributed by atoms with E-state index in [1.807, 2.05) is 0 Å². The normalized spacial score (nSPS) is 13.9. The lowest BCUT2D eigenvalue weighted by atomic mass is 9.80. The van der Waals surface area contributed by atoms with Crippen molar-refractivity contribution in [2.24, 2.45) is 0 Å². The molecule has 10 aromatic carbocycles. The monoisotopic (exact) mass is 846 g/mol. The van der Waals surface area contributed by atoms with Gasteiger partial charge in [0, 0.05) is 45.0 Å². The molecule has 0 amide bonds. The van der Waals surface area contributed by atoms with Crippen LogP contribution < -0.4 is 9.80 Å². The first-order valence-corrected chi connectivity index (χ1v) is 23.2. The highest BCUT2D eigenvalue weighted by Crippen LogP contribution is 2.56. The fraction of sp³-hybridized carbons (Fsp3) is 0.0938. The number of para-hydroxylation sites is 4. The molecule has 0 saturated heterocycles. The number of benzene rings is 10. The molecule has 2 aliphatic carbocycles. The van der Waals surface area contributed by atoms with Gasteiger partial charge in [0.2, 0.25) is 0 Å². The van der Waals surface area contributed by atoms with Gasteiger partial charge in [0.05, 0.1) is 0 Å². The highest BCUT2D eigenvalue weighted by molar-refractivity contribution is 6.10. The third-order valence-electron chi connectivity index (χ3n) is 14.4. The van der Waals surface area contributed by atoms with Gasteiger partial charge in [0.25, 0.3) is 0 Å². The molecule has 0 heterocycles. The molecular weight excluding hydrogens is 797 g/mol. The predicted molar refractivity (Wildman–Crippen MR) is 281 cm³/mol. The van der Waals surface area contributed by atoms with Crippen molar-refractivity contribution in [2.75, 3.05) is 9.80 Å². The smallest absolute Gasteiger partial charge is 0.0465 e. The van der Waals surface area contributed by atoms with Crippen molar-refractivity contribution in [1.29, 1.82) is 0 Å². The van der Waals surface area contributed by atoms with E-state index >= 15 is 0 Å². The van der Waals surface area contributed by atoms with Gasteiger partial charge in [0.1, 0.15) is 0 Å². The summed E-state index contributed by atoms with van der Waals surface area (Å²) < 4.78 is 0. The Hall–Kier alpha value is -7.94. The minimum atomic E-state index is -0.224. The first-order chi connectivity index (χ1) is 32.3. The Morgan fingerprint density at radius 2 is 0.591 bits per heavy atom. The molecule has 0 atom stereocenters. The summed E-state index contributed by atoms with van der Waals surface area (Å²) in [4.78, 5) is 4.74. The highest BCUT2D eigenvalue weighted by atomic mass is 15.1. The molecule has 2 nitrogen and oxygen atoms in total. The summed E-state index contributed by atoms with van der Waals surface area (Å²) in [5.74, 6) is 0. The molecule has 0 bridgehead atoms. The van der Waals surface area contributed by atoms with Crippen LogP contribution in [-0.4, -0.2) is 0 Å². The first-order valence-electron chi connectivity index (χ1n) is 23.2. The Labute approximate surface area is 388 Å². The summed E-state index contributed by atoms with van der Waals surface area (Å²) in [5, 5.41) is 5.12. The molecule has 0 unspecified atom stereocenters. The summed E-state index contributed by atoms with van der Waals surface area (Å²) in [6.45, 7) is 9.60. The molecule has 12 rings (SSSR count). The number of anilines is 6. The number of rotatable bonds is 8. The Bertz CT molecular complexity index is 3200. The van der Waals surface area contributed by atoms with Crippen LogP contribution in [0.4, 0.5) is 34.1 Å². The van der Waals surface area contributed by atoms with E-state index in [1.165, 1.54) is 77.2 Å². The molecule has 0 aromatic heterocycles. The summed E-state index contributed by atoms with van der Waals surface area (Å²) >= 11 is 0. The van der Waals surface area contributed by atoms with Gasteiger partial charge in [-0.15, -0.1) is 0 Å². The van der Waals surface area contributed by atoms with E-state index in [1.54, 1.807) is 0 Å². The van der Waals surface area contributed by atoms with Gasteiger partial charge in [-0.2, -0.15) is 0 Å². The number of hydrogen-bond acceptors (Lipinski definition) is 2. The van der Waals surface area contributed by atoms with Gasteiger partial charge in [-0.3, -0.25) is 0 Å². The maximum Gasteiger partial charge on any atom is 0.0465 e. The second kappa shape index (κ2) is 15.4. The molecule has 10 aromatic rings. The number of nitrogens with zero attached hydrogens (tertiary/aromatic N) is 2. The molecule has 0 spiro atoms. The van der Waals surface area contributed by atoms with Crippen LogP contribution in [0.25, 0.3) is 56.0 Å². The second-order valence-electron chi connectivity index (χ2n) is 18.9. The SMILES string of the molecule is CC1(C)c2cc(N(c3ccccc3)c3ccccc3)ccc2-c2c1cc(/C=C/c1cc3c(c4ccccc14)-c1ccc(N(c4ccccc4)c4ccccc4)cc1C3(C)C)c1ccccc21. The third-order valence-corrected chi connectivity index (χ3v) is 14.4. The third kappa shape index (κ3) is 6.24. The summed E-state index contributed by atoms with van der Waals surface area (Å²) in [6, 6.07) is 80.0. The predicted octanol–water partition coefficient (Wildman–Crippen LogP) is 17.7. The molecule has 2 heteroatoms. The minimum Gasteiger partial charge on any atom is -0.310 e. The molecule has 0 radical (unpaired) electrons. The van der Waals surface area contributed by atoms with Gasteiger partial charge >= 0.3 is 0 Å². The highest BCUT2D eigenvalue weighted by Gasteiger charge is 2.39. The molecule has 0 saturated carbocycles. The number of fused-ring (bicyclic) bond motifs is 10. The van der Waals surface area contributed by atoms with Crippen molar-refractivity contribution >= 4 is 67.8 Å². The van der Waals surface area contributed by atoms with Crippen LogP contribution in [-0.2, 0) is 10.8 Å². The van der Waals surface area contributed by atoms with E-state index in [9.17, 15) is 0 Å². The quantitative estimate of drug-likeness (QED) is 0.141. The first kappa shape index (κ1) is 39.6. The maximum absolute atomic E-state index is 2.47. The van der Waals surface area contributed by atoms with Crippen LogP contribution in [0.5, 0.6) is 0 Å². The Morgan fingerprint density at radius 3 is 0.924 bits per heavy atom. The van der Waals surface area contributed by atoms with Crippen LogP contribution in [0.3, 0.4) is 0 Å². The molecule has 0 aliphatic heterocycles. The van der Waals surface area contributed by atoms with E-state index in [2.05, 4.69) is 268 Å². The van der Waals surface area contributed by atoms with Crippen LogP contribution >= 0.6 is 0 Å². The Balaban J connectivity index is 0.957. The van der Waals surface area contributed by atoms with Crippen molar-refractivity contribution in [3.05, 3.63) is 252 Å². The van der Waals surface area contributed by atoms with Crippen LogP contribution in [0, 0.1) is 0 Å². The van der Waals surface area contributed by atoms with Crippen molar-refractivity contribution in [3.63, 3.8) is 0 Å². The van der Waals surface area contributed by atoms with Crippen molar-refractivity contribution in [3.8, 4) is 22.3 Å². The zero-order valence-electron chi connectivity index (χ0n) is 37.8. The van der Waals surface area contributed by atoms with Gasteiger partial charge < -0.3 is 9.80 Å². The Kier molecular flexibility index (Phi) is 9.22. The van der Waals surface area contributed by atoms with E-state index in [0.717, 1.165) is 34.1 Å². The summed E-state index contributed by atoms with van der Waals surface area (Å²) in [7, 11) is 0. The lowest BCUT2D eigenvalue weighted by molar-refractivity contribution is 0.660. The van der Waals surface area contributed by atoms with Crippen molar-refractivity contribution < 1.29 is 0 Å². The minimum absolute atomic E-state index is 0.224. The molecule has 66 heavy (non-hydrogen) atoms. The van der Waals surface area contributed by atoms with Crippen LogP contribution in [0.1, 0.15) is 61.1 Å². The van der Waals surface area contributed by atoms with E-state index < -0.39 is 0 Å². The lowest BCUT2D eigenvalue weighted by Crippen LogP contribution is -2.17. The zero-order valence-corrected chi connectivity index (χ0v) is 37.8. The van der Waals surface area contributed by atoms with E-state index in [0.29, 0.717) is 0 Å². The Morgan fingerprint density at radius 1 is 0.288 bits per heavy atom. The topological polar surface area (TPSA) is 6.48 Å². The fourth-order valence-electron chi connectivity index (χ4n) is 11.1. The van der Waals surface area contributed by atoms with Gasteiger partial charge in [0.15, 0.2) is 0 Å². The van der Waals surface area contributed by atoms with Gasteiger partial charge in [-0.1, -0.05) is 173 Å². The summed E-state index contributed by atoms with van der Waals surface area (Å²) in [6.07, 6.45) is 4.75. The van der Waals surface area contributed by atoms with Crippen molar-refractivity contribution in [2.45, 2.75) is 38.5 Å². The molecular formula is C64H50N2. The van der Waals surface area contributed by atoms with Gasteiger partial charge in [-0.05, 0) is 162 Å². The zero-order chi connectivity index (χ0) is 44.6. The largest absolute Gasteiger partial charge is 0.310 e.